The van der Waals surface area contributed by atoms with Crippen molar-refractivity contribution < 1.29 is 14.3 Å². The normalized spacial score (nSPS) is 21.3. The van der Waals surface area contributed by atoms with Crippen molar-refractivity contribution in [2.24, 2.45) is 5.73 Å². The van der Waals surface area contributed by atoms with Gasteiger partial charge in [-0.15, -0.1) is 0 Å². The molecule has 0 amide bonds. The molecular formula is C23H19ClN2O3. The van der Waals surface area contributed by atoms with Gasteiger partial charge in [0.2, 0.25) is 5.88 Å². The predicted octanol–water partition coefficient (Wildman–Crippen LogP) is 4.56. The summed E-state index contributed by atoms with van der Waals surface area (Å²) >= 11 is 5.99. The molecule has 6 heteroatoms. The second-order valence-corrected chi connectivity index (χ2v) is 7.55. The van der Waals surface area contributed by atoms with Crippen molar-refractivity contribution in [2.45, 2.75) is 24.7 Å². The Kier molecular flexibility index (Phi) is 5.04. The van der Waals surface area contributed by atoms with Crippen molar-refractivity contribution >= 4 is 17.4 Å². The van der Waals surface area contributed by atoms with Gasteiger partial charge in [-0.05, 0) is 41.3 Å². The number of allylic oxidation sites excluding steroid dienone is 3. The Hall–Kier alpha value is -3.23. The van der Waals surface area contributed by atoms with E-state index in [0.29, 0.717) is 34.9 Å². The molecule has 0 bridgehead atoms. The number of carbonyl (C=O) groups excluding carboxylic acids is 1. The van der Waals surface area contributed by atoms with Crippen molar-refractivity contribution in [2.75, 3.05) is 7.11 Å². The first-order valence-electron chi connectivity index (χ1n) is 9.25. The average Bonchev–Trinajstić information content (AvgIpc) is 2.73. The Morgan fingerprint density at radius 3 is 2.38 bits per heavy atom. The number of ketones is 1. The number of rotatable bonds is 3. The first-order chi connectivity index (χ1) is 14.0. The van der Waals surface area contributed by atoms with Gasteiger partial charge < -0.3 is 15.2 Å². The Labute approximate surface area is 174 Å². The van der Waals surface area contributed by atoms with Gasteiger partial charge in [0, 0.05) is 23.4 Å². The van der Waals surface area contributed by atoms with Crippen LogP contribution in [0.4, 0.5) is 0 Å². The Bertz CT molecular complexity index is 1060. The maximum Gasteiger partial charge on any atom is 0.205 e. The van der Waals surface area contributed by atoms with Crippen LogP contribution < -0.4 is 10.5 Å². The molecule has 0 unspecified atom stereocenters. The lowest BCUT2D eigenvalue weighted by atomic mass is 9.73. The molecule has 0 aromatic heterocycles. The lowest BCUT2D eigenvalue weighted by Crippen LogP contribution is -2.29. The Morgan fingerprint density at radius 1 is 1.10 bits per heavy atom. The topological polar surface area (TPSA) is 85.3 Å². The third-order valence-electron chi connectivity index (χ3n) is 5.45. The number of Topliss-reactive ketones (excluding diaryl/α,β-unsaturated/α-hetero) is 1. The third kappa shape index (κ3) is 3.48. The number of carbonyl (C=O) groups is 1. The number of hydrogen-bond donors (Lipinski definition) is 1. The molecule has 2 atom stereocenters. The summed E-state index contributed by atoms with van der Waals surface area (Å²) in [4.78, 5) is 13.2. The van der Waals surface area contributed by atoms with Crippen molar-refractivity contribution in [3.8, 4) is 11.8 Å². The zero-order valence-corrected chi connectivity index (χ0v) is 16.6. The molecule has 146 valence electrons. The molecule has 0 saturated carbocycles. The number of nitrogens with two attached hydrogens (primary N) is 1. The summed E-state index contributed by atoms with van der Waals surface area (Å²) in [6.45, 7) is 0. The molecular weight excluding hydrogens is 388 g/mol. The highest BCUT2D eigenvalue weighted by atomic mass is 35.5. The van der Waals surface area contributed by atoms with E-state index in [1.807, 2.05) is 36.4 Å². The molecule has 2 aliphatic rings. The van der Waals surface area contributed by atoms with Crippen LogP contribution >= 0.6 is 11.6 Å². The summed E-state index contributed by atoms with van der Waals surface area (Å²) in [5, 5.41) is 10.3. The van der Waals surface area contributed by atoms with E-state index in [-0.39, 0.29) is 23.2 Å². The van der Waals surface area contributed by atoms with Gasteiger partial charge in [0.05, 0.1) is 13.0 Å². The fraction of sp³-hybridized carbons (Fsp3) is 0.217. The standard InChI is InChI=1S/C23H19ClN2O3/c1-28-17-8-4-14(5-9-17)21-18(12-25)23(26)29-20-11-15(10-19(27)22(20)21)13-2-6-16(24)7-3-13/h2-9,15,21H,10-11,26H2,1H3/t15-,21+/m0/s1. The largest absolute Gasteiger partial charge is 0.497 e. The van der Waals surface area contributed by atoms with E-state index in [0.717, 1.165) is 11.1 Å². The molecule has 0 fully saturated rings. The van der Waals surface area contributed by atoms with Crippen molar-refractivity contribution in [3.05, 3.63) is 87.5 Å². The lowest BCUT2D eigenvalue weighted by molar-refractivity contribution is -0.117. The summed E-state index contributed by atoms with van der Waals surface area (Å²) in [5.41, 5.74) is 8.68. The minimum absolute atomic E-state index is 0.0218. The molecule has 2 N–H and O–H groups in total. The fourth-order valence-corrected chi connectivity index (χ4v) is 4.13. The molecule has 0 radical (unpaired) electrons. The van der Waals surface area contributed by atoms with Crippen LogP contribution in [0.3, 0.4) is 0 Å². The van der Waals surface area contributed by atoms with Crippen LogP contribution in [0.15, 0.2) is 71.3 Å². The smallest absolute Gasteiger partial charge is 0.205 e. The van der Waals surface area contributed by atoms with E-state index in [4.69, 9.17) is 26.8 Å². The van der Waals surface area contributed by atoms with Crippen LogP contribution in [0.5, 0.6) is 5.75 Å². The van der Waals surface area contributed by atoms with E-state index >= 15 is 0 Å². The summed E-state index contributed by atoms with van der Waals surface area (Å²) in [6, 6.07) is 16.9. The van der Waals surface area contributed by atoms with Crippen molar-refractivity contribution in [3.63, 3.8) is 0 Å². The summed E-state index contributed by atoms with van der Waals surface area (Å²) in [6.07, 6.45) is 0.879. The molecule has 1 aliphatic carbocycles. The zero-order chi connectivity index (χ0) is 20.5. The van der Waals surface area contributed by atoms with Gasteiger partial charge in [-0.2, -0.15) is 5.26 Å². The average molecular weight is 407 g/mol. The number of nitriles is 1. The second kappa shape index (κ2) is 7.65. The first kappa shape index (κ1) is 19.1. The number of ether oxygens (including phenoxy) is 2. The zero-order valence-electron chi connectivity index (χ0n) is 15.8. The van der Waals surface area contributed by atoms with Crippen LogP contribution in [0.2, 0.25) is 5.02 Å². The van der Waals surface area contributed by atoms with E-state index in [1.54, 1.807) is 19.2 Å². The second-order valence-electron chi connectivity index (χ2n) is 7.11. The molecule has 2 aromatic carbocycles. The minimum atomic E-state index is -0.534. The molecule has 1 aliphatic heterocycles. The highest BCUT2D eigenvalue weighted by molar-refractivity contribution is 6.30. The number of hydrogen-bond acceptors (Lipinski definition) is 5. The molecule has 0 spiro atoms. The monoisotopic (exact) mass is 406 g/mol. The van der Waals surface area contributed by atoms with E-state index < -0.39 is 5.92 Å². The molecule has 1 heterocycles. The van der Waals surface area contributed by atoms with E-state index in [9.17, 15) is 10.1 Å². The van der Waals surface area contributed by atoms with E-state index in [1.165, 1.54) is 0 Å². The van der Waals surface area contributed by atoms with Crippen molar-refractivity contribution in [1.29, 1.82) is 5.26 Å². The number of methoxy groups -OCH3 is 1. The van der Waals surface area contributed by atoms with E-state index in [2.05, 4.69) is 6.07 Å². The van der Waals surface area contributed by atoms with Crippen LogP contribution in [-0.2, 0) is 9.53 Å². The Balaban J connectivity index is 1.75. The molecule has 29 heavy (non-hydrogen) atoms. The van der Waals surface area contributed by atoms with Gasteiger partial charge in [0.15, 0.2) is 5.78 Å². The lowest BCUT2D eigenvalue weighted by Gasteiger charge is -2.34. The van der Waals surface area contributed by atoms with Crippen LogP contribution in [0.1, 0.15) is 35.8 Å². The van der Waals surface area contributed by atoms with Crippen LogP contribution in [0, 0.1) is 11.3 Å². The van der Waals surface area contributed by atoms with Gasteiger partial charge >= 0.3 is 0 Å². The number of benzene rings is 2. The molecule has 4 rings (SSSR count). The summed E-state index contributed by atoms with van der Waals surface area (Å²) in [5.74, 6) is 0.699. The molecule has 5 nitrogen and oxygen atoms in total. The van der Waals surface area contributed by atoms with Crippen molar-refractivity contribution in [1.82, 2.24) is 0 Å². The highest BCUT2D eigenvalue weighted by Gasteiger charge is 2.40. The van der Waals surface area contributed by atoms with Gasteiger partial charge in [-0.3, -0.25) is 4.79 Å². The molecule has 2 aromatic rings. The predicted molar refractivity (Wildman–Crippen MR) is 109 cm³/mol. The quantitative estimate of drug-likeness (QED) is 0.807. The van der Waals surface area contributed by atoms with Gasteiger partial charge in [-0.25, -0.2) is 0 Å². The highest BCUT2D eigenvalue weighted by Crippen LogP contribution is 2.46. The first-order valence-corrected chi connectivity index (χ1v) is 9.63. The summed E-state index contributed by atoms with van der Waals surface area (Å²) < 4.78 is 11.0. The SMILES string of the molecule is COc1ccc([C@@H]2C(C#N)=C(N)OC3=C2C(=O)C[C@H](c2ccc(Cl)cc2)C3)cc1. The third-order valence-corrected chi connectivity index (χ3v) is 5.70. The van der Waals surface area contributed by atoms with Crippen LogP contribution in [-0.4, -0.2) is 12.9 Å². The van der Waals surface area contributed by atoms with Crippen LogP contribution in [0.25, 0.3) is 0 Å². The fourth-order valence-electron chi connectivity index (χ4n) is 4.01. The molecule has 0 saturated heterocycles. The van der Waals surface area contributed by atoms with Gasteiger partial charge in [-0.1, -0.05) is 35.9 Å². The number of halogens is 1. The maximum atomic E-state index is 13.2. The maximum absolute atomic E-state index is 13.2. The Morgan fingerprint density at radius 2 is 1.76 bits per heavy atom. The number of nitrogens with zero attached hydrogens (tertiary/aromatic N) is 1. The van der Waals surface area contributed by atoms with Gasteiger partial charge in [0.25, 0.3) is 0 Å². The summed E-state index contributed by atoms with van der Waals surface area (Å²) in [7, 11) is 1.59. The van der Waals surface area contributed by atoms with Gasteiger partial charge in [0.1, 0.15) is 23.2 Å². The minimum Gasteiger partial charge on any atom is -0.497 e.